The molecular formula is C8H9F9O3S2. The summed E-state index contributed by atoms with van der Waals surface area (Å²) in [5, 5.41) is -6.79. The van der Waals surface area contributed by atoms with Crippen molar-refractivity contribution in [2.45, 2.75) is 43.0 Å². The number of hydrogen-bond acceptors (Lipinski definition) is 4. The van der Waals surface area contributed by atoms with Crippen LogP contribution in [0.25, 0.3) is 0 Å². The largest absolute Gasteiger partial charge is 0.460 e. The van der Waals surface area contributed by atoms with Crippen molar-refractivity contribution < 1.29 is 51.6 Å². The first-order valence-electron chi connectivity index (χ1n) is 5.32. The van der Waals surface area contributed by atoms with Gasteiger partial charge in [0.15, 0.2) is 0 Å². The van der Waals surface area contributed by atoms with E-state index in [0.717, 1.165) is 0 Å². The lowest BCUT2D eigenvalue weighted by Gasteiger charge is -2.32. The third-order valence-corrected chi connectivity index (χ3v) is 4.59. The molecule has 0 aromatic rings. The highest BCUT2D eigenvalue weighted by molar-refractivity contribution is 8.04. The minimum absolute atomic E-state index is 0.195. The first kappa shape index (κ1) is 21.6. The van der Waals surface area contributed by atoms with Crippen LogP contribution in [-0.2, 0) is 13.7 Å². The molecule has 0 aliphatic rings. The van der Waals surface area contributed by atoms with Crippen LogP contribution in [0.15, 0.2) is 0 Å². The molecule has 0 aromatic carbocycles. The van der Waals surface area contributed by atoms with E-state index < -0.39 is 33.4 Å². The molecule has 0 saturated carbocycles. The predicted octanol–water partition coefficient (Wildman–Crippen LogP) is 4.21. The summed E-state index contributed by atoms with van der Waals surface area (Å²) in [6, 6.07) is 0. The first-order valence-corrected chi connectivity index (χ1v) is 7.64. The van der Waals surface area contributed by atoms with E-state index in [9.17, 15) is 47.9 Å². The summed E-state index contributed by atoms with van der Waals surface area (Å²) in [5.74, 6) is -14.8. The topological polar surface area (TPSA) is 43.4 Å². The van der Waals surface area contributed by atoms with Crippen molar-refractivity contribution in [2.24, 2.45) is 0 Å². The zero-order chi connectivity index (χ0) is 18.0. The van der Waals surface area contributed by atoms with Crippen LogP contribution in [0.2, 0.25) is 0 Å². The lowest BCUT2D eigenvalue weighted by molar-refractivity contribution is -0.382. The van der Waals surface area contributed by atoms with Gasteiger partial charge in [-0.15, -0.1) is 0 Å². The minimum Gasteiger partial charge on any atom is -0.193 e. The fraction of sp³-hybridized carbons (Fsp3) is 1.00. The molecular weight excluding hydrogens is 379 g/mol. The Bertz CT molecular complexity index is 472. The van der Waals surface area contributed by atoms with E-state index >= 15 is 0 Å². The van der Waals surface area contributed by atoms with Gasteiger partial charge in [-0.05, 0) is 6.42 Å². The zero-order valence-corrected chi connectivity index (χ0v) is 12.2. The molecule has 0 bridgehead atoms. The van der Waals surface area contributed by atoms with Crippen LogP contribution in [-0.4, -0.2) is 37.4 Å². The third-order valence-electron chi connectivity index (χ3n) is 2.15. The molecule has 0 radical (unpaired) electrons. The van der Waals surface area contributed by atoms with Gasteiger partial charge < -0.3 is 0 Å². The molecule has 0 N–H and O–H groups in total. The summed E-state index contributed by atoms with van der Waals surface area (Å²) in [5.41, 5.74) is 0. The van der Waals surface area contributed by atoms with Gasteiger partial charge in [0.25, 0.3) is 0 Å². The second-order valence-electron chi connectivity index (χ2n) is 3.86. The van der Waals surface area contributed by atoms with Crippen molar-refractivity contribution in [3.63, 3.8) is 0 Å². The fourth-order valence-electron chi connectivity index (χ4n) is 0.861. The Hall–Kier alpha value is -0.370. The van der Waals surface area contributed by atoms with Gasteiger partial charge in [0.2, 0.25) is 0 Å². The van der Waals surface area contributed by atoms with Crippen molar-refractivity contribution in [3.05, 3.63) is 0 Å². The molecule has 0 aliphatic heterocycles. The van der Waals surface area contributed by atoms with Crippen LogP contribution < -0.4 is 0 Å². The maximum atomic E-state index is 13.1. The van der Waals surface area contributed by atoms with Gasteiger partial charge in [-0.3, -0.25) is 0 Å². The number of rotatable bonds is 8. The van der Waals surface area contributed by atoms with E-state index in [1.54, 1.807) is 6.92 Å². The lowest BCUT2D eigenvalue weighted by Crippen LogP contribution is -2.63. The molecule has 0 atom stereocenters. The first-order chi connectivity index (χ1) is 9.56. The summed E-state index contributed by atoms with van der Waals surface area (Å²) in [6.07, 6.45) is -6.47. The van der Waals surface area contributed by atoms with E-state index in [4.69, 9.17) is 0 Å². The average molecular weight is 388 g/mol. The van der Waals surface area contributed by atoms with Crippen LogP contribution >= 0.6 is 12.0 Å². The molecule has 0 saturated heterocycles. The summed E-state index contributed by atoms with van der Waals surface area (Å²) in [4.78, 5) is 0. The number of halogens is 9. The van der Waals surface area contributed by atoms with Gasteiger partial charge in [-0.1, -0.05) is 13.3 Å². The highest BCUT2D eigenvalue weighted by Crippen LogP contribution is 2.55. The molecule has 0 aliphatic carbocycles. The Morgan fingerprint density at radius 2 is 1.36 bits per heavy atom. The molecule has 0 rings (SSSR count). The monoisotopic (exact) mass is 388 g/mol. The van der Waals surface area contributed by atoms with Gasteiger partial charge in [0, 0.05) is 17.8 Å². The Balaban J connectivity index is 5.52. The maximum Gasteiger partial charge on any atom is 0.460 e. The van der Waals surface area contributed by atoms with E-state index in [2.05, 4.69) is 3.63 Å². The average Bonchev–Trinajstić information content (AvgIpc) is 2.32. The van der Waals surface area contributed by atoms with E-state index in [-0.39, 0.29) is 24.2 Å². The van der Waals surface area contributed by atoms with Gasteiger partial charge in [-0.2, -0.15) is 51.6 Å². The van der Waals surface area contributed by atoms with Crippen molar-refractivity contribution in [3.8, 4) is 0 Å². The second-order valence-corrected chi connectivity index (χ2v) is 6.47. The summed E-state index contributed by atoms with van der Waals surface area (Å²) >= 11 is -0.282. The quantitative estimate of drug-likeness (QED) is 0.355. The second kappa shape index (κ2) is 6.63. The molecule has 0 fully saturated rings. The molecule has 14 heteroatoms. The van der Waals surface area contributed by atoms with Crippen molar-refractivity contribution in [1.82, 2.24) is 0 Å². The minimum atomic E-state index is -7.28. The van der Waals surface area contributed by atoms with Crippen molar-refractivity contribution >= 4 is 22.2 Å². The van der Waals surface area contributed by atoms with Crippen LogP contribution in [0.5, 0.6) is 0 Å². The van der Waals surface area contributed by atoms with Crippen molar-refractivity contribution in [2.75, 3.05) is 5.75 Å². The van der Waals surface area contributed by atoms with Gasteiger partial charge >= 0.3 is 33.4 Å². The molecule has 0 unspecified atom stereocenters. The molecule has 22 heavy (non-hydrogen) atoms. The number of alkyl halides is 9. The molecule has 0 spiro atoms. The molecule has 0 heterocycles. The predicted molar refractivity (Wildman–Crippen MR) is 58.3 cm³/mol. The van der Waals surface area contributed by atoms with Crippen LogP contribution in [0, 0.1) is 0 Å². The zero-order valence-electron chi connectivity index (χ0n) is 10.6. The molecule has 134 valence electrons. The SMILES string of the molecule is CCCCSOS(=O)(=O)C(F)(F)C(F)(F)C(F)(F)C(F)(F)F. The Morgan fingerprint density at radius 3 is 1.73 bits per heavy atom. The Morgan fingerprint density at radius 1 is 0.909 bits per heavy atom. The standard InChI is InChI=1S/C8H9F9O3S2/c1-2-3-4-21-20-22(18,19)8(16,17)6(11,12)5(9,10)7(13,14)15/h2-4H2,1H3. The maximum absolute atomic E-state index is 13.1. The van der Waals surface area contributed by atoms with Crippen LogP contribution in [0.1, 0.15) is 19.8 Å². The number of hydrogen-bond donors (Lipinski definition) is 0. The number of unbranched alkanes of at least 4 members (excludes halogenated alkanes) is 1. The van der Waals surface area contributed by atoms with Crippen molar-refractivity contribution in [1.29, 1.82) is 0 Å². The smallest absolute Gasteiger partial charge is 0.193 e. The van der Waals surface area contributed by atoms with Gasteiger partial charge in [-0.25, -0.2) is 0 Å². The molecule has 0 aromatic heterocycles. The summed E-state index contributed by atoms with van der Waals surface area (Å²) < 4.78 is 137. The lowest BCUT2D eigenvalue weighted by atomic mass is 10.1. The fourth-order valence-corrected chi connectivity index (χ4v) is 2.83. The highest BCUT2D eigenvalue weighted by Gasteiger charge is 2.85. The van der Waals surface area contributed by atoms with Gasteiger partial charge in [0.05, 0.1) is 0 Å². The Labute approximate surface area is 123 Å². The van der Waals surface area contributed by atoms with E-state index in [0.29, 0.717) is 6.42 Å². The normalized spacial score (nSPS) is 15.2. The Kier molecular flexibility index (Phi) is 6.52. The van der Waals surface area contributed by atoms with E-state index in [1.165, 1.54) is 0 Å². The van der Waals surface area contributed by atoms with Crippen LogP contribution in [0.4, 0.5) is 39.5 Å². The van der Waals surface area contributed by atoms with Crippen LogP contribution in [0.3, 0.4) is 0 Å². The third kappa shape index (κ3) is 3.75. The molecule has 3 nitrogen and oxygen atoms in total. The molecule has 0 amide bonds. The summed E-state index contributed by atoms with van der Waals surface area (Å²) in [7, 11) is -6.74. The van der Waals surface area contributed by atoms with E-state index in [1.807, 2.05) is 0 Å². The summed E-state index contributed by atoms with van der Waals surface area (Å²) in [6.45, 7) is 1.59. The van der Waals surface area contributed by atoms with Gasteiger partial charge in [0.1, 0.15) is 0 Å². The highest BCUT2D eigenvalue weighted by atomic mass is 32.3.